The van der Waals surface area contributed by atoms with Crippen LogP contribution in [0.15, 0.2) is 36.4 Å². The first kappa shape index (κ1) is 9.26. The highest BCUT2D eigenvalue weighted by Gasteiger charge is 2.04. The molecule has 0 saturated carbocycles. The van der Waals surface area contributed by atoms with Crippen LogP contribution in [0.3, 0.4) is 0 Å². The molecular weight excluding hydrogens is 168 g/mol. The highest BCUT2D eigenvalue weighted by atomic mass is 14.1. The van der Waals surface area contributed by atoms with Gasteiger partial charge in [0, 0.05) is 0 Å². The highest BCUT2D eigenvalue weighted by molar-refractivity contribution is 5.58. The van der Waals surface area contributed by atoms with Crippen LogP contribution in [0.1, 0.15) is 36.5 Å². The van der Waals surface area contributed by atoms with E-state index < -0.39 is 0 Å². The van der Waals surface area contributed by atoms with Gasteiger partial charge in [-0.25, -0.2) is 0 Å². The van der Waals surface area contributed by atoms with Crippen molar-refractivity contribution in [2.45, 2.75) is 26.2 Å². The smallest absolute Gasteiger partial charge is 0.00883 e. The van der Waals surface area contributed by atoms with Crippen molar-refractivity contribution in [3.8, 4) is 0 Å². The maximum Gasteiger partial charge on any atom is -0.00883 e. The fourth-order valence-corrected chi connectivity index (χ4v) is 1.76. The predicted molar refractivity (Wildman–Crippen MR) is 62.4 cm³/mol. The Morgan fingerprint density at radius 3 is 2.79 bits per heavy atom. The van der Waals surface area contributed by atoms with E-state index in [2.05, 4.69) is 56.4 Å². The van der Waals surface area contributed by atoms with Gasteiger partial charge in [0.2, 0.25) is 0 Å². The fraction of sp³-hybridized carbons (Fsp3) is 0.286. The summed E-state index contributed by atoms with van der Waals surface area (Å²) in [6, 6.07) is 6.80. The van der Waals surface area contributed by atoms with Crippen LogP contribution in [0.25, 0.3) is 6.08 Å². The number of hydrogen-bond donors (Lipinski definition) is 0. The topological polar surface area (TPSA) is 0 Å². The molecule has 1 aliphatic carbocycles. The van der Waals surface area contributed by atoms with Gasteiger partial charge in [0.25, 0.3) is 0 Å². The molecule has 0 N–H and O–H groups in total. The van der Waals surface area contributed by atoms with Gasteiger partial charge in [0.15, 0.2) is 0 Å². The first-order chi connectivity index (χ1) is 6.77. The number of benzene rings is 1. The molecule has 0 radical (unpaired) electrons. The quantitative estimate of drug-likeness (QED) is 0.620. The molecule has 0 spiro atoms. The van der Waals surface area contributed by atoms with E-state index in [-0.39, 0.29) is 0 Å². The van der Waals surface area contributed by atoms with Crippen LogP contribution in [-0.4, -0.2) is 0 Å². The number of allylic oxidation sites excluding steroid dienone is 3. The van der Waals surface area contributed by atoms with Gasteiger partial charge in [-0.3, -0.25) is 0 Å². The van der Waals surface area contributed by atoms with Gasteiger partial charge in [-0.05, 0) is 29.0 Å². The third-order valence-electron chi connectivity index (χ3n) is 2.69. The lowest BCUT2D eigenvalue weighted by molar-refractivity contribution is 0.863. The molecule has 0 amide bonds. The number of fused-ring (bicyclic) bond motifs is 1. The van der Waals surface area contributed by atoms with E-state index in [1.54, 1.807) is 0 Å². The largest absolute Gasteiger partial charge is 0.0801 e. The third-order valence-corrected chi connectivity index (χ3v) is 2.69. The average molecular weight is 184 g/mol. The Balaban J connectivity index is 2.44. The zero-order valence-corrected chi connectivity index (χ0v) is 8.83. The van der Waals surface area contributed by atoms with Crippen LogP contribution in [0.2, 0.25) is 0 Å². The molecule has 1 aromatic rings. The third kappa shape index (κ3) is 1.79. The molecule has 0 bridgehead atoms. The summed E-state index contributed by atoms with van der Waals surface area (Å²) in [6.07, 6.45) is 9.69. The fourth-order valence-electron chi connectivity index (χ4n) is 1.76. The van der Waals surface area contributed by atoms with Crippen molar-refractivity contribution in [2.24, 2.45) is 0 Å². The zero-order chi connectivity index (χ0) is 9.97. The second-order valence-corrected chi connectivity index (χ2v) is 4.10. The molecule has 0 heterocycles. The van der Waals surface area contributed by atoms with Crippen LogP contribution < -0.4 is 0 Å². The summed E-state index contributed by atoms with van der Waals surface area (Å²) >= 11 is 0. The monoisotopic (exact) mass is 184 g/mol. The zero-order valence-electron chi connectivity index (χ0n) is 8.83. The van der Waals surface area contributed by atoms with Crippen LogP contribution in [0, 0.1) is 0 Å². The Morgan fingerprint density at radius 2 is 2.00 bits per heavy atom. The summed E-state index contributed by atoms with van der Waals surface area (Å²) in [5, 5.41) is 0. The van der Waals surface area contributed by atoms with Gasteiger partial charge in [-0.1, -0.05) is 56.4 Å². The molecule has 0 heteroatoms. The van der Waals surface area contributed by atoms with E-state index in [9.17, 15) is 0 Å². The molecule has 0 aromatic heterocycles. The van der Waals surface area contributed by atoms with Gasteiger partial charge in [-0.15, -0.1) is 0 Å². The Morgan fingerprint density at radius 1 is 1.14 bits per heavy atom. The van der Waals surface area contributed by atoms with E-state index in [4.69, 9.17) is 0 Å². The Bertz CT molecular complexity index is 381. The summed E-state index contributed by atoms with van der Waals surface area (Å²) in [6.45, 7) is 4.48. The number of hydrogen-bond acceptors (Lipinski definition) is 0. The highest BCUT2D eigenvalue weighted by Crippen LogP contribution is 2.21. The molecule has 14 heavy (non-hydrogen) atoms. The molecule has 1 aromatic carbocycles. The van der Waals surface area contributed by atoms with E-state index in [0.29, 0.717) is 5.92 Å². The van der Waals surface area contributed by atoms with E-state index in [1.807, 2.05) is 0 Å². The summed E-state index contributed by atoms with van der Waals surface area (Å²) in [4.78, 5) is 0. The van der Waals surface area contributed by atoms with Crippen LogP contribution >= 0.6 is 0 Å². The van der Waals surface area contributed by atoms with Crippen molar-refractivity contribution in [1.82, 2.24) is 0 Å². The van der Waals surface area contributed by atoms with Crippen molar-refractivity contribution in [1.29, 1.82) is 0 Å². The molecular formula is C14H16. The number of rotatable bonds is 1. The Labute approximate surface area is 86.0 Å². The summed E-state index contributed by atoms with van der Waals surface area (Å²) < 4.78 is 0. The lowest BCUT2D eigenvalue weighted by atomic mass is 9.96. The molecule has 1 aliphatic rings. The van der Waals surface area contributed by atoms with Crippen molar-refractivity contribution in [2.75, 3.05) is 0 Å². The molecule has 72 valence electrons. The molecule has 0 saturated heterocycles. The SMILES string of the molecule is CC(C)c1ccc2c(c1)CC=CC=C2. The molecule has 0 fully saturated rings. The summed E-state index contributed by atoms with van der Waals surface area (Å²) in [5.41, 5.74) is 4.24. The maximum atomic E-state index is 2.33. The molecule has 2 rings (SSSR count). The minimum absolute atomic E-state index is 0.622. The van der Waals surface area contributed by atoms with E-state index in [1.165, 1.54) is 16.7 Å². The van der Waals surface area contributed by atoms with Gasteiger partial charge >= 0.3 is 0 Å². The first-order valence-corrected chi connectivity index (χ1v) is 5.23. The first-order valence-electron chi connectivity index (χ1n) is 5.23. The average Bonchev–Trinajstić information content (AvgIpc) is 2.41. The maximum absolute atomic E-state index is 2.33. The Hall–Kier alpha value is -1.30. The normalized spacial score (nSPS) is 14.2. The molecule has 0 nitrogen and oxygen atoms in total. The van der Waals surface area contributed by atoms with Gasteiger partial charge in [-0.2, -0.15) is 0 Å². The molecule has 0 aliphatic heterocycles. The van der Waals surface area contributed by atoms with E-state index in [0.717, 1.165) is 6.42 Å². The van der Waals surface area contributed by atoms with Crippen LogP contribution in [-0.2, 0) is 6.42 Å². The Kier molecular flexibility index (Phi) is 2.53. The standard InChI is InChI=1S/C14H16/c1-11(2)13-9-8-12-6-4-3-5-7-14(12)10-13/h3-6,8-11H,7H2,1-2H3. The van der Waals surface area contributed by atoms with Gasteiger partial charge < -0.3 is 0 Å². The van der Waals surface area contributed by atoms with Crippen LogP contribution in [0.5, 0.6) is 0 Å². The van der Waals surface area contributed by atoms with Gasteiger partial charge in [0.1, 0.15) is 0 Å². The van der Waals surface area contributed by atoms with Crippen molar-refractivity contribution < 1.29 is 0 Å². The van der Waals surface area contributed by atoms with Crippen molar-refractivity contribution in [3.05, 3.63) is 53.1 Å². The summed E-state index contributed by atoms with van der Waals surface area (Å²) in [5.74, 6) is 0.622. The van der Waals surface area contributed by atoms with Crippen LogP contribution in [0.4, 0.5) is 0 Å². The van der Waals surface area contributed by atoms with Crippen molar-refractivity contribution in [3.63, 3.8) is 0 Å². The predicted octanol–water partition coefficient (Wildman–Crippen LogP) is 3.94. The summed E-state index contributed by atoms with van der Waals surface area (Å²) in [7, 11) is 0. The minimum atomic E-state index is 0.622. The lowest BCUT2D eigenvalue weighted by Gasteiger charge is -2.09. The molecule has 0 unspecified atom stereocenters. The van der Waals surface area contributed by atoms with E-state index >= 15 is 0 Å². The van der Waals surface area contributed by atoms with Gasteiger partial charge in [0.05, 0.1) is 0 Å². The lowest BCUT2D eigenvalue weighted by Crippen LogP contribution is -1.92. The molecule has 0 atom stereocenters. The second kappa shape index (κ2) is 3.83. The minimum Gasteiger partial charge on any atom is -0.0801 e. The second-order valence-electron chi connectivity index (χ2n) is 4.10. The van der Waals surface area contributed by atoms with Crippen molar-refractivity contribution >= 4 is 6.08 Å².